The summed E-state index contributed by atoms with van der Waals surface area (Å²) in [6, 6.07) is 2.05. The molecule has 2 unspecified atom stereocenters. The minimum absolute atomic E-state index is 0.102. The van der Waals surface area contributed by atoms with Crippen LogP contribution >= 0.6 is 0 Å². The summed E-state index contributed by atoms with van der Waals surface area (Å²) in [7, 11) is 3.48. The molecule has 1 saturated heterocycles. The zero-order valence-electron chi connectivity index (χ0n) is 13.8. The van der Waals surface area contributed by atoms with Gasteiger partial charge in [0, 0.05) is 45.0 Å². The van der Waals surface area contributed by atoms with E-state index in [0.717, 1.165) is 31.9 Å². The van der Waals surface area contributed by atoms with Gasteiger partial charge >= 0.3 is 0 Å². The molecule has 2 rings (SSSR count). The quantitative estimate of drug-likeness (QED) is 0.870. The number of ether oxygens (including phenoxy) is 2. The number of furan rings is 1. The van der Waals surface area contributed by atoms with E-state index in [2.05, 4.69) is 31.0 Å². The lowest BCUT2D eigenvalue weighted by Gasteiger charge is -2.21. The third-order valence-electron chi connectivity index (χ3n) is 3.91. The van der Waals surface area contributed by atoms with Crippen molar-refractivity contribution in [2.45, 2.75) is 51.6 Å². The standard InChI is InChI=1S/C16H28N2O3/c1-16(2,3)17-8-12-6-7-21-13(12)9-18-10-14(19-4)15(11-18)20-5/h6-7,14-15,17H,8-11H2,1-5H3. The number of nitrogens with zero attached hydrogens (tertiary/aromatic N) is 1. The van der Waals surface area contributed by atoms with Gasteiger partial charge in [-0.3, -0.25) is 4.90 Å². The minimum atomic E-state index is 0.102. The fourth-order valence-corrected chi connectivity index (χ4v) is 2.63. The van der Waals surface area contributed by atoms with Crippen molar-refractivity contribution < 1.29 is 13.9 Å². The maximum absolute atomic E-state index is 5.67. The molecule has 0 aromatic carbocycles. The van der Waals surface area contributed by atoms with Crippen LogP contribution < -0.4 is 5.32 Å². The Morgan fingerprint density at radius 2 is 1.86 bits per heavy atom. The summed E-state index contributed by atoms with van der Waals surface area (Å²) in [5, 5.41) is 3.50. The van der Waals surface area contributed by atoms with Gasteiger partial charge in [0.1, 0.15) is 5.76 Å². The smallest absolute Gasteiger partial charge is 0.122 e. The number of rotatable bonds is 6. The summed E-state index contributed by atoms with van der Waals surface area (Å²) in [6.45, 7) is 9.88. The van der Waals surface area contributed by atoms with Gasteiger partial charge in [-0.05, 0) is 26.8 Å². The van der Waals surface area contributed by atoms with Crippen LogP contribution in [0.4, 0.5) is 0 Å². The van der Waals surface area contributed by atoms with Gasteiger partial charge in [0.2, 0.25) is 0 Å². The SMILES string of the molecule is COC1CN(Cc2occc2CNC(C)(C)C)CC1OC. The van der Waals surface area contributed by atoms with E-state index < -0.39 is 0 Å². The molecule has 1 aromatic heterocycles. The number of methoxy groups -OCH3 is 2. The Morgan fingerprint density at radius 1 is 1.24 bits per heavy atom. The average Bonchev–Trinajstić information content (AvgIpc) is 3.02. The molecule has 120 valence electrons. The predicted molar refractivity (Wildman–Crippen MR) is 82.2 cm³/mol. The van der Waals surface area contributed by atoms with Crippen LogP contribution in [-0.2, 0) is 22.6 Å². The third kappa shape index (κ3) is 4.54. The average molecular weight is 296 g/mol. The van der Waals surface area contributed by atoms with Crippen molar-refractivity contribution in [2.75, 3.05) is 27.3 Å². The monoisotopic (exact) mass is 296 g/mol. The maximum atomic E-state index is 5.67. The molecule has 1 aliphatic rings. The van der Waals surface area contributed by atoms with Crippen LogP contribution in [0.2, 0.25) is 0 Å². The molecule has 1 N–H and O–H groups in total. The summed E-state index contributed by atoms with van der Waals surface area (Å²) < 4.78 is 16.6. The van der Waals surface area contributed by atoms with Crippen LogP contribution in [0.3, 0.4) is 0 Å². The first-order chi connectivity index (χ1) is 9.93. The second-order valence-electron chi connectivity index (χ2n) is 6.71. The molecule has 21 heavy (non-hydrogen) atoms. The van der Waals surface area contributed by atoms with Crippen LogP contribution in [0.25, 0.3) is 0 Å². The molecular formula is C16H28N2O3. The molecule has 2 heterocycles. The summed E-state index contributed by atoms with van der Waals surface area (Å²) in [5.74, 6) is 1.03. The Kier molecular flexibility index (Phi) is 5.43. The zero-order chi connectivity index (χ0) is 15.5. The number of likely N-dealkylation sites (tertiary alicyclic amines) is 1. The molecule has 0 aliphatic carbocycles. The lowest BCUT2D eigenvalue weighted by atomic mass is 10.1. The first kappa shape index (κ1) is 16.5. The van der Waals surface area contributed by atoms with E-state index in [1.807, 2.05) is 6.07 Å². The minimum Gasteiger partial charge on any atom is -0.468 e. The summed E-state index contributed by atoms with van der Waals surface area (Å²) >= 11 is 0. The van der Waals surface area contributed by atoms with E-state index >= 15 is 0 Å². The van der Waals surface area contributed by atoms with Crippen LogP contribution in [0.5, 0.6) is 0 Å². The van der Waals surface area contributed by atoms with Gasteiger partial charge in [-0.1, -0.05) is 0 Å². The number of hydrogen-bond acceptors (Lipinski definition) is 5. The third-order valence-corrected chi connectivity index (χ3v) is 3.91. The zero-order valence-corrected chi connectivity index (χ0v) is 13.8. The second-order valence-corrected chi connectivity index (χ2v) is 6.71. The predicted octanol–water partition coefficient (Wildman–Crippen LogP) is 2.01. The van der Waals surface area contributed by atoms with E-state index in [4.69, 9.17) is 13.9 Å². The summed E-state index contributed by atoms with van der Waals surface area (Å²) in [5.41, 5.74) is 1.32. The van der Waals surface area contributed by atoms with Crippen LogP contribution in [0.1, 0.15) is 32.1 Å². The van der Waals surface area contributed by atoms with E-state index in [1.54, 1.807) is 20.5 Å². The molecule has 0 spiro atoms. The van der Waals surface area contributed by atoms with Crippen molar-refractivity contribution in [2.24, 2.45) is 0 Å². The Labute approximate surface area is 127 Å². The Bertz CT molecular complexity index is 427. The summed E-state index contributed by atoms with van der Waals surface area (Å²) in [6.07, 6.45) is 2.05. The van der Waals surface area contributed by atoms with E-state index in [1.165, 1.54) is 5.56 Å². The summed E-state index contributed by atoms with van der Waals surface area (Å²) in [4.78, 5) is 2.32. The van der Waals surface area contributed by atoms with Gasteiger partial charge in [-0.15, -0.1) is 0 Å². The normalized spacial score (nSPS) is 23.9. The van der Waals surface area contributed by atoms with Gasteiger partial charge in [0.15, 0.2) is 0 Å². The molecular weight excluding hydrogens is 268 g/mol. The van der Waals surface area contributed by atoms with Gasteiger partial charge < -0.3 is 19.2 Å². The highest BCUT2D eigenvalue weighted by atomic mass is 16.5. The van der Waals surface area contributed by atoms with Crippen LogP contribution in [0.15, 0.2) is 16.7 Å². The highest BCUT2D eigenvalue weighted by Crippen LogP contribution is 2.21. The van der Waals surface area contributed by atoms with Gasteiger partial charge in [0.25, 0.3) is 0 Å². The van der Waals surface area contributed by atoms with E-state index in [-0.39, 0.29) is 17.7 Å². The molecule has 1 aliphatic heterocycles. The first-order valence-corrected chi connectivity index (χ1v) is 7.51. The molecule has 0 amide bonds. The van der Waals surface area contributed by atoms with Gasteiger partial charge in [-0.2, -0.15) is 0 Å². The molecule has 1 fully saturated rings. The van der Waals surface area contributed by atoms with Crippen LogP contribution in [-0.4, -0.2) is 50.0 Å². The first-order valence-electron chi connectivity index (χ1n) is 7.51. The van der Waals surface area contributed by atoms with Gasteiger partial charge in [-0.25, -0.2) is 0 Å². The van der Waals surface area contributed by atoms with E-state index in [0.29, 0.717) is 0 Å². The number of hydrogen-bond donors (Lipinski definition) is 1. The highest BCUT2D eigenvalue weighted by Gasteiger charge is 2.33. The van der Waals surface area contributed by atoms with Crippen molar-refractivity contribution in [1.82, 2.24) is 10.2 Å². The number of nitrogens with one attached hydrogen (secondary N) is 1. The second kappa shape index (κ2) is 6.92. The van der Waals surface area contributed by atoms with Crippen molar-refractivity contribution in [1.29, 1.82) is 0 Å². The topological polar surface area (TPSA) is 46.9 Å². The van der Waals surface area contributed by atoms with Crippen molar-refractivity contribution in [3.63, 3.8) is 0 Å². The largest absolute Gasteiger partial charge is 0.468 e. The lowest BCUT2D eigenvalue weighted by Crippen LogP contribution is -2.35. The fraction of sp³-hybridized carbons (Fsp3) is 0.750. The molecule has 5 heteroatoms. The van der Waals surface area contributed by atoms with Crippen molar-refractivity contribution >= 4 is 0 Å². The van der Waals surface area contributed by atoms with Gasteiger partial charge in [0.05, 0.1) is 25.0 Å². The molecule has 2 atom stereocenters. The fourth-order valence-electron chi connectivity index (χ4n) is 2.63. The molecule has 1 aromatic rings. The van der Waals surface area contributed by atoms with E-state index in [9.17, 15) is 0 Å². The van der Waals surface area contributed by atoms with Crippen molar-refractivity contribution in [3.8, 4) is 0 Å². The molecule has 5 nitrogen and oxygen atoms in total. The van der Waals surface area contributed by atoms with Crippen LogP contribution in [0, 0.1) is 0 Å². The Hall–Kier alpha value is -0.880. The van der Waals surface area contributed by atoms with Crippen molar-refractivity contribution in [3.05, 3.63) is 23.7 Å². The highest BCUT2D eigenvalue weighted by molar-refractivity contribution is 5.17. The maximum Gasteiger partial charge on any atom is 0.122 e. The molecule has 0 bridgehead atoms. The Balaban J connectivity index is 1.93. The molecule has 0 saturated carbocycles. The Morgan fingerprint density at radius 3 is 2.38 bits per heavy atom. The molecule has 0 radical (unpaired) electrons. The lowest BCUT2D eigenvalue weighted by molar-refractivity contribution is -0.00461.